The molecule has 1 aliphatic rings. The highest BCUT2D eigenvalue weighted by atomic mass is 35.5. The second-order valence-corrected chi connectivity index (χ2v) is 6.50. The maximum Gasteiger partial charge on any atom is 0.348 e. The van der Waals surface area contributed by atoms with Gasteiger partial charge in [-0.15, -0.1) is 11.3 Å². The molecular weight excluding hydrogens is 335 g/mol. The maximum atomic E-state index is 11.9. The highest BCUT2D eigenvalue weighted by Crippen LogP contribution is 2.32. The van der Waals surface area contributed by atoms with Crippen LogP contribution in [-0.2, 0) is 22.7 Å². The molecule has 0 atom stereocenters. The molecule has 0 saturated heterocycles. The van der Waals surface area contributed by atoms with E-state index in [0.29, 0.717) is 26.6 Å². The van der Waals surface area contributed by atoms with Gasteiger partial charge in [0, 0.05) is 16.1 Å². The number of carbonyl (C=O) groups excluding carboxylic acids is 1. The summed E-state index contributed by atoms with van der Waals surface area (Å²) in [6, 6.07) is 6.79. The van der Waals surface area contributed by atoms with Gasteiger partial charge in [0.1, 0.15) is 17.2 Å². The molecule has 0 bridgehead atoms. The van der Waals surface area contributed by atoms with Crippen molar-refractivity contribution in [3.63, 3.8) is 0 Å². The molecule has 4 nitrogen and oxygen atoms in total. The molecule has 0 fully saturated rings. The number of esters is 1. The predicted molar refractivity (Wildman–Crippen MR) is 80.2 cm³/mol. The van der Waals surface area contributed by atoms with Crippen molar-refractivity contribution in [3.8, 4) is 5.75 Å². The van der Waals surface area contributed by atoms with Crippen LogP contribution in [0.3, 0.4) is 0 Å². The zero-order chi connectivity index (χ0) is 14.8. The minimum atomic E-state index is -0.423. The van der Waals surface area contributed by atoms with Gasteiger partial charge in [0.05, 0.1) is 10.9 Å². The predicted octanol–water partition coefficient (Wildman–Crippen LogP) is 4.28. The van der Waals surface area contributed by atoms with Crippen molar-refractivity contribution in [2.45, 2.75) is 13.2 Å². The minimum absolute atomic E-state index is 0.0806. The van der Waals surface area contributed by atoms with Crippen LogP contribution < -0.4 is 4.74 Å². The Balaban J connectivity index is 1.76. The molecule has 0 amide bonds. The summed E-state index contributed by atoms with van der Waals surface area (Å²) in [5.41, 5.74) is 1.57. The van der Waals surface area contributed by atoms with E-state index >= 15 is 0 Å². The van der Waals surface area contributed by atoms with Gasteiger partial charge < -0.3 is 14.2 Å². The van der Waals surface area contributed by atoms with Crippen LogP contribution in [0.15, 0.2) is 24.3 Å². The van der Waals surface area contributed by atoms with Gasteiger partial charge in [-0.2, -0.15) is 0 Å². The Bertz CT molecular complexity index is 684. The fourth-order valence-electron chi connectivity index (χ4n) is 2.00. The second kappa shape index (κ2) is 6.23. The quantitative estimate of drug-likeness (QED) is 0.779. The number of rotatable bonds is 3. The third-order valence-electron chi connectivity index (χ3n) is 2.88. The first kappa shape index (κ1) is 14.7. The van der Waals surface area contributed by atoms with Gasteiger partial charge in [-0.25, -0.2) is 4.79 Å². The van der Waals surface area contributed by atoms with E-state index < -0.39 is 5.97 Å². The Labute approximate surface area is 135 Å². The number of hydrogen-bond donors (Lipinski definition) is 0. The molecule has 0 N–H and O–H groups in total. The summed E-state index contributed by atoms with van der Waals surface area (Å²) >= 11 is 13.0. The number of thiophene rings is 1. The Morgan fingerprint density at radius 3 is 2.95 bits per heavy atom. The smallest absolute Gasteiger partial charge is 0.348 e. The number of hydrogen-bond acceptors (Lipinski definition) is 5. The Morgan fingerprint density at radius 1 is 1.33 bits per heavy atom. The van der Waals surface area contributed by atoms with Crippen LogP contribution in [0.5, 0.6) is 5.75 Å². The lowest BCUT2D eigenvalue weighted by Gasteiger charge is -2.21. The standard InChI is InChI=1S/C14H10Cl2O4S/c15-10-3-8-5-18-7-20-13(8)9(4-10)6-19-14(17)11-1-2-12(16)21-11/h1-4H,5-7H2. The van der Waals surface area contributed by atoms with Gasteiger partial charge >= 0.3 is 5.97 Å². The molecule has 1 aliphatic heterocycles. The highest BCUT2D eigenvalue weighted by molar-refractivity contribution is 7.17. The Kier molecular flexibility index (Phi) is 4.35. The number of carbonyl (C=O) groups is 1. The largest absolute Gasteiger partial charge is 0.467 e. The van der Waals surface area contributed by atoms with E-state index in [-0.39, 0.29) is 13.4 Å². The molecule has 0 unspecified atom stereocenters. The van der Waals surface area contributed by atoms with Crippen molar-refractivity contribution >= 4 is 40.5 Å². The molecule has 0 aliphatic carbocycles. The van der Waals surface area contributed by atoms with Crippen LogP contribution >= 0.6 is 34.5 Å². The molecule has 0 saturated carbocycles. The van der Waals surface area contributed by atoms with Gasteiger partial charge in [0.2, 0.25) is 0 Å². The van der Waals surface area contributed by atoms with Crippen molar-refractivity contribution in [1.29, 1.82) is 0 Å². The number of ether oxygens (including phenoxy) is 3. The monoisotopic (exact) mass is 344 g/mol. The van der Waals surface area contributed by atoms with E-state index in [4.69, 9.17) is 37.4 Å². The third kappa shape index (κ3) is 3.32. The van der Waals surface area contributed by atoms with E-state index in [0.717, 1.165) is 11.1 Å². The van der Waals surface area contributed by atoms with Gasteiger partial charge in [0.15, 0.2) is 6.79 Å². The summed E-state index contributed by atoms with van der Waals surface area (Å²) < 4.78 is 16.5. The zero-order valence-corrected chi connectivity index (χ0v) is 13.1. The summed E-state index contributed by atoms with van der Waals surface area (Å²) in [6.07, 6.45) is 0. The van der Waals surface area contributed by atoms with Gasteiger partial charge in [0.25, 0.3) is 0 Å². The minimum Gasteiger partial charge on any atom is -0.467 e. The SMILES string of the molecule is O=C(OCc1cc(Cl)cc2c1OCOC2)c1ccc(Cl)s1. The summed E-state index contributed by atoms with van der Waals surface area (Å²) in [4.78, 5) is 12.4. The van der Waals surface area contributed by atoms with Gasteiger partial charge in [-0.3, -0.25) is 0 Å². The van der Waals surface area contributed by atoms with Crippen LogP contribution in [0.25, 0.3) is 0 Å². The van der Waals surface area contributed by atoms with Crippen molar-refractivity contribution in [1.82, 2.24) is 0 Å². The van der Waals surface area contributed by atoms with Crippen molar-refractivity contribution < 1.29 is 19.0 Å². The Morgan fingerprint density at radius 2 is 2.19 bits per heavy atom. The van der Waals surface area contributed by atoms with Crippen molar-refractivity contribution in [2.24, 2.45) is 0 Å². The topological polar surface area (TPSA) is 44.8 Å². The molecule has 1 aromatic carbocycles. The van der Waals surface area contributed by atoms with Crippen LogP contribution in [0.1, 0.15) is 20.8 Å². The van der Waals surface area contributed by atoms with Crippen LogP contribution in [0.4, 0.5) is 0 Å². The average Bonchev–Trinajstić information content (AvgIpc) is 2.91. The first-order chi connectivity index (χ1) is 10.1. The molecule has 7 heteroatoms. The lowest BCUT2D eigenvalue weighted by Crippen LogP contribution is -2.14. The molecule has 2 heterocycles. The molecule has 1 aromatic heterocycles. The van der Waals surface area contributed by atoms with Gasteiger partial charge in [-0.1, -0.05) is 23.2 Å². The summed E-state index contributed by atoms with van der Waals surface area (Å²) in [5.74, 6) is 0.246. The van der Waals surface area contributed by atoms with Crippen LogP contribution in [0.2, 0.25) is 9.36 Å². The number of halogens is 2. The first-order valence-electron chi connectivity index (χ1n) is 6.08. The zero-order valence-electron chi connectivity index (χ0n) is 10.7. The van der Waals surface area contributed by atoms with Gasteiger partial charge in [-0.05, 0) is 24.3 Å². The third-order valence-corrected chi connectivity index (χ3v) is 4.31. The van der Waals surface area contributed by atoms with E-state index in [1.54, 1.807) is 24.3 Å². The van der Waals surface area contributed by atoms with Crippen molar-refractivity contribution in [2.75, 3.05) is 6.79 Å². The average molecular weight is 345 g/mol. The van der Waals surface area contributed by atoms with Crippen molar-refractivity contribution in [3.05, 3.63) is 49.6 Å². The molecular formula is C14H10Cl2O4S. The van der Waals surface area contributed by atoms with E-state index in [1.807, 2.05) is 0 Å². The van der Waals surface area contributed by atoms with E-state index in [9.17, 15) is 4.79 Å². The lowest BCUT2D eigenvalue weighted by molar-refractivity contribution is -0.0180. The molecule has 3 rings (SSSR count). The summed E-state index contributed by atoms with van der Waals surface area (Å²) in [5, 5.41) is 0.549. The first-order valence-corrected chi connectivity index (χ1v) is 7.65. The molecule has 21 heavy (non-hydrogen) atoms. The maximum absolute atomic E-state index is 11.9. The van der Waals surface area contributed by atoms with Crippen LogP contribution in [0, 0.1) is 0 Å². The highest BCUT2D eigenvalue weighted by Gasteiger charge is 2.18. The van der Waals surface area contributed by atoms with E-state index in [2.05, 4.69) is 0 Å². The fourth-order valence-corrected chi connectivity index (χ4v) is 3.20. The molecule has 2 aromatic rings. The fraction of sp³-hybridized carbons (Fsp3) is 0.214. The molecule has 0 spiro atoms. The summed E-state index contributed by atoms with van der Waals surface area (Å²) in [6.45, 7) is 0.685. The number of fused-ring (bicyclic) bond motifs is 1. The normalized spacial score (nSPS) is 13.4. The second-order valence-electron chi connectivity index (χ2n) is 4.34. The van der Waals surface area contributed by atoms with Crippen LogP contribution in [-0.4, -0.2) is 12.8 Å². The molecule has 110 valence electrons. The number of benzene rings is 1. The molecule has 0 radical (unpaired) electrons. The Hall–Kier alpha value is -1.27. The lowest BCUT2D eigenvalue weighted by atomic mass is 10.1. The summed E-state index contributed by atoms with van der Waals surface area (Å²) in [7, 11) is 0. The van der Waals surface area contributed by atoms with E-state index in [1.165, 1.54) is 11.3 Å².